The maximum Gasteiger partial charge on any atom is 0.274 e. The number of halogens is 1. The summed E-state index contributed by atoms with van der Waals surface area (Å²) in [6, 6.07) is 6.10. The van der Waals surface area contributed by atoms with Crippen molar-refractivity contribution in [2.75, 3.05) is 23.8 Å². The van der Waals surface area contributed by atoms with E-state index in [1.165, 1.54) is 17.0 Å². The van der Waals surface area contributed by atoms with Gasteiger partial charge < -0.3 is 10.6 Å². The van der Waals surface area contributed by atoms with Crippen molar-refractivity contribution in [3.63, 3.8) is 0 Å². The zero-order valence-electron chi connectivity index (χ0n) is 15.8. The van der Waals surface area contributed by atoms with E-state index in [-0.39, 0.29) is 41.1 Å². The van der Waals surface area contributed by atoms with Crippen LogP contribution in [0.25, 0.3) is 0 Å². The van der Waals surface area contributed by atoms with Crippen LogP contribution in [0.2, 0.25) is 0 Å². The van der Waals surface area contributed by atoms with Gasteiger partial charge in [-0.25, -0.2) is 12.8 Å². The molecule has 0 radical (unpaired) electrons. The van der Waals surface area contributed by atoms with Crippen LogP contribution in [-0.4, -0.2) is 47.5 Å². The Morgan fingerprint density at radius 3 is 2.68 bits per heavy atom. The Bertz CT molecular complexity index is 924. The Hall–Kier alpha value is -2.42. The first-order valence-electron chi connectivity index (χ1n) is 9.30. The smallest absolute Gasteiger partial charge is 0.274 e. The summed E-state index contributed by atoms with van der Waals surface area (Å²) in [6.45, 7) is 2.21. The predicted octanol–water partition coefficient (Wildman–Crippen LogP) is 2.30. The highest BCUT2D eigenvalue weighted by molar-refractivity contribution is 7.91. The third-order valence-electron chi connectivity index (χ3n) is 5.20. The molecule has 1 saturated heterocycles. The van der Waals surface area contributed by atoms with Crippen molar-refractivity contribution in [2.45, 2.75) is 32.7 Å². The molecular formula is C19H25FN4O3S. The van der Waals surface area contributed by atoms with E-state index in [9.17, 15) is 17.6 Å². The van der Waals surface area contributed by atoms with Crippen molar-refractivity contribution >= 4 is 21.4 Å². The highest BCUT2D eigenvalue weighted by Gasteiger charge is 2.26. The van der Waals surface area contributed by atoms with Gasteiger partial charge in [0.15, 0.2) is 0 Å². The lowest BCUT2D eigenvalue weighted by Crippen LogP contribution is -2.34. The second kappa shape index (κ2) is 8.30. The van der Waals surface area contributed by atoms with Crippen LogP contribution < -0.4 is 5.73 Å². The fourth-order valence-electron chi connectivity index (χ4n) is 3.44. The Morgan fingerprint density at radius 2 is 2.07 bits per heavy atom. The van der Waals surface area contributed by atoms with Crippen molar-refractivity contribution in [1.82, 2.24) is 15.1 Å². The van der Waals surface area contributed by atoms with Crippen LogP contribution in [0.4, 0.5) is 10.1 Å². The summed E-state index contributed by atoms with van der Waals surface area (Å²) in [7, 11) is -2.93. The number of sulfone groups is 1. The lowest BCUT2D eigenvalue weighted by atomic mass is 9.98. The first kappa shape index (κ1) is 20.3. The molecule has 9 heteroatoms. The Kier molecular flexibility index (Phi) is 6.02. The van der Waals surface area contributed by atoms with E-state index in [0.717, 1.165) is 5.69 Å². The second-order valence-corrected chi connectivity index (χ2v) is 9.66. The minimum Gasteiger partial charge on any atom is -0.398 e. The average Bonchev–Trinajstić information content (AvgIpc) is 3.08. The number of nitrogens with one attached hydrogen (secondary N) is 1. The van der Waals surface area contributed by atoms with Crippen LogP contribution in [0.1, 0.15) is 41.0 Å². The lowest BCUT2D eigenvalue weighted by molar-refractivity contribution is 0.0724. The highest BCUT2D eigenvalue weighted by Crippen LogP contribution is 2.24. The zero-order valence-corrected chi connectivity index (χ0v) is 16.6. The largest absolute Gasteiger partial charge is 0.398 e. The number of nitrogen functional groups attached to an aromatic ring is 1. The number of nitrogens with zero attached hydrogens (tertiary/aromatic N) is 2. The number of benzene rings is 1. The molecule has 0 bridgehead atoms. The van der Waals surface area contributed by atoms with Crippen LogP contribution in [0.5, 0.6) is 0 Å². The summed E-state index contributed by atoms with van der Waals surface area (Å²) in [5, 5.41) is 6.76. The van der Waals surface area contributed by atoms with Gasteiger partial charge in [-0.05, 0) is 50.3 Å². The molecule has 1 aromatic heterocycles. The zero-order chi connectivity index (χ0) is 20.3. The molecule has 1 fully saturated rings. The van der Waals surface area contributed by atoms with Crippen molar-refractivity contribution in [3.8, 4) is 0 Å². The minimum absolute atomic E-state index is 0.0360. The highest BCUT2D eigenvalue weighted by atomic mass is 32.2. The van der Waals surface area contributed by atoms with Gasteiger partial charge in [-0.3, -0.25) is 9.89 Å². The summed E-state index contributed by atoms with van der Waals surface area (Å²) in [6.07, 6.45) is 1.83. The summed E-state index contributed by atoms with van der Waals surface area (Å²) < 4.78 is 37.5. The molecule has 0 saturated carbocycles. The number of hydrogen-bond donors (Lipinski definition) is 2. The van der Waals surface area contributed by atoms with Gasteiger partial charge in [-0.2, -0.15) is 5.10 Å². The van der Waals surface area contributed by atoms with Crippen LogP contribution in [0.15, 0.2) is 24.3 Å². The number of aromatic amines is 1. The number of H-pyrrole nitrogens is 1. The van der Waals surface area contributed by atoms with Gasteiger partial charge in [0.1, 0.15) is 21.3 Å². The Morgan fingerprint density at radius 1 is 1.36 bits per heavy atom. The molecule has 1 amide bonds. The Labute approximate surface area is 164 Å². The standard InChI is InChI=1S/C19H25FN4O3S/c1-13-11-18(23-22-13)19(25)24(12-15-16(20)3-2-4-17(15)21)8-5-14-6-9-28(26,27)10-7-14/h2-4,11,14H,5-10,12,21H2,1H3,(H,22,23). The average molecular weight is 408 g/mol. The van der Waals surface area contributed by atoms with Gasteiger partial charge in [0.05, 0.1) is 18.1 Å². The molecule has 2 aromatic rings. The van der Waals surface area contributed by atoms with Crippen molar-refractivity contribution in [3.05, 3.63) is 47.0 Å². The number of nitrogens with two attached hydrogens (primary N) is 1. The van der Waals surface area contributed by atoms with E-state index in [1.807, 2.05) is 0 Å². The number of amides is 1. The molecule has 2 heterocycles. The van der Waals surface area contributed by atoms with Crippen LogP contribution in [-0.2, 0) is 16.4 Å². The fourth-order valence-corrected chi connectivity index (χ4v) is 5.03. The number of carbonyl (C=O) groups excluding carboxylic acids is 1. The van der Waals surface area contributed by atoms with Gasteiger partial charge in [0.2, 0.25) is 0 Å². The van der Waals surface area contributed by atoms with Crippen molar-refractivity contribution in [1.29, 1.82) is 0 Å². The molecule has 0 unspecified atom stereocenters. The van der Waals surface area contributed by atoms with E-state index >= 15 is 0 Å². The normalized spacial score (nSPS) is 16.8. The topological polar surface area (TPSA) is 109 Å². The van der Waals surface area contributed by atoms with Crippen LogP contribution in [0.3, 0.4) is 0 Å². The van der Waals surface area contributed by atoms with Crippen LogP contribution in [0, 0.1) is 18.7 Å². The maximum atomic E-state index is 14.3. The van der Waals surface area contributed by atoms with E-state index in [4.69, 9.17) is 5.73 Å². The third kappa shape index (κ3) is 4.89. The SMILES string of the molecule is Cc1cc(C(=O)N(CCC2CCS(=O)(=O)CC2)Cc2c(N)cccc2F)n[nH]1. The van der Waals surface area contributed by atoms with Gasteiger partial charge in [0, 0.05) is 23.5 Å². The minimum atomic E-state index is -2.93. The number of rotatable bonds is 6. The molecule has 1 aromatic carbocycles. The summed E-state index contributed by atoms with van der Waals surface area (Å²) in [5.74, 6) is -0.178. The molecule has 1 aliphatic heterocycles. The lowest BCUT2D eigenvalue weighted by Gasteiger charge is -2.27. The number of hydrogen-bond acceptors (Lipinski definition) is 5. The predicted molar refractivity (Wildman–Crippen MR) is 105 cm³/mol. The molecule has 28 heavy (non-hydrogen) atoms. The molecule has 3 rings (SSSR count). The monoisotopic (exact) mass is 408 g/mol. The number of aromatic nitrogens is 2. The summed E-state index contributed by atoms with van der Waals surface area (Å²) in [4.78, 5) is 14.5. The first-order chi connectivity index (χ1) is 13.2. The van der Waals surface area contributed by atoms with Gasteiger partial charge in [0.25, 0.3) is 5.91 Å². The maximum absolute atomic E-state index is 14.3. The number of aryl methyl sites for hydroxylation is 1. The number of carbonyl (C=O) groups is 1. The molecule has 152 valence electrons. The van der Waals surface area contributed by atoms with Gasteiger partial charge in [-0.1, -0.05) is 6.07 Å². The fraction of sp³-hybridized carbons (Fsp3) is 0.474. The van der Waals surface area contributed by atoms with Gasteiger partial charge >= 0.3 is 0 Å². The summed E-state index contributed by atoms with van der Waals surface area (Å²) >= 11 is 0. The quantitative estimate of drug-likeness (QED) is 0.713. The van der Waals surface area contributed by atoms with E-state index in [2.05, 4.69) is 10.2 Å². The molecule has 7 nitrogen and oxygen atoms in total. The van der Waals surface area contributed by atoms with Crippen LogP contribution >= 0.6 is 0 Å². The third-order valence-corrected chi connectivity index (χ3v) is 6.91. The summed E-state index contributed by atoms with van der Waals surface area (Å²) in [5.41, 5.74) is 7.50. The number of anilines is 1. The molecule has 3 N–H and O–H groups in total. The molecule has 0 atom stereocenters. The van der Waals surface area contributed by atoms with E-state index in [0.29, 0.717) is 31.5 Å². The van der Waals surface area contributed by atoms with Crippen molar-refractivity contribution in [2.24, 2.45) is 5.92 Å². The Balaban J connectivity index is 1.75. The second-order valence-electron chi connectivity index (χ2n) is 7.35. The molecule has 1 aliphatic rings. The molecule has 0 aliphatic carbocycles. The van der Waals surface area contributed by atoms with E-state index in [1.54, 1.807) is 19.1 Å². The van der Waals surface area contributed by atoms with E-state index < -0.39 is 15.7 Å². The first-order valence-corrected chi connectivity index (χ1v) is 11.1. The molecular weight excluding hydrogens is 383 g/mol. The molecule has 0 spiro atoms. The van der Waals surface area contributed by atoms with Crippen molar-refractivity contribution < 1.29 is 17.6 Å². The van der Waals surface area contributed by atoms with Gasteiger partial charge in [-0.15, -0.1) is 0 Å².